The van der Waals surface area contributed by atoms with Crippen molar-refractivity contribution in [3.63, 3.8) is 0 Å². The molecule has 2 heterocycles. The number of aliphatic hydroxyl groups is 1. The molecular weight excluding hydrogens is 418 g/mol. The number of aromatic nitrogens is 2. The van der Waals surface area contributed by atoms with E-state index in [4.69, 9.17) is 9.47 Å². The first-order valence-electron chi connectivity index (χ1n) is 11.4. The van der Waals surface area contributed by atoms with Gasteiger partial charge in [-0.15, -0.1) is 0 Å². The van der Waals surface area contributed by atoms with Crippen LogP contribution < -0.4 is 15.4 Å². The second-order valence-electron chi connectivity index (χ2n) is 7.88. The lowest BCUT2D eigenvalue weighted by atomic mass is 10.1. The number of nitrogens with zero attached hydrogens (tertiary/aromatic N) is 3. The van der Waals surface area contributed by atoms with Crippen LogP contribution in [0.2, 0.25) is 0 Å². The minimum atomic E-state index is -0.616. The van der Waals surface area contributed by atoms with Gasteiger partial charge in [0.1, 0.15) is 11.6 Å². The smallest absolute Gasteiger partial charge is 0.229 e. The molecular formula is C25H31N5O3. The van der Waals surface area contributed by atoms with Crippen LogP contribution in [0.5, 0.6) is 5.75 Å². The van der Waals surface area contributed by atoms with Crippen molar-refractivity contribution in [1.82, 2.24) is 14.9 Å². The van der Waals surface area contributed by atoms with Gasteiger partial charge in [-0.05, 0) is 30.2 Å². The lowest BCUT2D eigenvalue weighted by molar-refractivity contribution is 0.0358. The highest BCUT2D eigenvalue weighted by Gasteiger charge is 2.10. The van der Waals surface area contributed by atoms with Crippen LogP contribution in [-0.2, 0) is 4.74 Å². The monoisotopic (exact) mass is 449 g/mol. The first-order valence-corrected chi connectivity index (χ1v) is 11.4. The average Bonchev–Trinajstić information content (AvgIpc) is 2.87. The normalized spacial score (nSPS) is 15.1. The molecule has 4 rings (SSSR count). The molecule has 3 aromatic rings. The number of aliphatic hydroxyl groups excluding tert-OH is 1. The zero-order chi connectivity index (χ0) is 22.7. The first-order chi connectivity index (χ1) is 16.3. The molecule has 0 radical (unpaired) electrons. The van der Waals surface area contributed by atoms with E-state index in [2.05, 4.69) is 25.5 Å². The standard InChI is InChI=1S/C25H31N5O3/c31-23(20-6-2-1-3-7-20)19-27-24-10-11-26-25(29-24)28-21-8-4-9-22(18-21)33-15-5-12-30-13-16-32-17-14-30/h1-4,6-11,18,23,31H,5,12-17,19H2,(H2,26,27,28,29). The number of ether oxygens (including phenoxy) is 2. The van der Waals surface area contributed by atoms with Gasteiger partial charge in [-0.2, -0.15) is 4.98 Å². The second-order valence-corrected chi connectivity index (χ2v) is 7.88. The molecule has 0 spiro atoms. The highest BCUT2D eigenvalue weighted by atomic mass is 16.5. The fraction of sp³-hybridized carbons (Fsp3) is 0.360. The van der Waals surface area contributed by atoms with Crippen molar-refractivity contribution in [3.05, 3.63) is 72.4 Å². The summed E-state index contributed by atoms with van der Waals surface area (Å²) in [4.78, 5) is 11.2. The van der Waals surface area contributed by atoms with E-state index in [1.807, 2.05) is 54.6 Å². The number of hydrogen-bond acceptors (Lipinski definition) is 8. The maximum absolute atomic E-state index is 10.3. The SMILES string of the molecule is OC(CNc1ccnc(Nc2cccc(OCCCN3CCOCC3)c2)n1)c1ccccc1. The Morgan fingerprint density at radius 3 is 2.76 bits per heavy atom. The third-order valence-corrected chi connectivity index (χ3v) is 5.40. The van der Waals surface area contributed by atoms with Crippen LogP contribution in [0, 0.1) is 0 Å². The summed E-state index contributed by atoms with van der Waals surface area (Å²) in [5.74, 6) is 1.92. The van der Waals surface area contributed by atoms with Crippen LogP contribution in [-0.4, -0.2) is 66.0 Å². The van der Waals surface area contributed by atoms with Gasteiger partial charge in [-0.25, -0.2) is 4.98 Å². The molecule has 1 atom stereocenters. The minimum Gasteiger partial charge on any atom is -0.493 e. The van der Waals surface area contributed by atoms with E-state index in [0.29, 0.717) is 24.9 Å². The van der Waals surface area contributed by atoms with Crippen LogP contribution >= 0.6 is 0 Å². The summed E-state index contributed by atoms with van der Waals surface area (Å²) >= 11 is 0. The quantitative estimate of drug-likeness (QED) is 0.383. The Bertz CT molecular complexity index is 983. The van der Waals surface area contributed by atoms with E-state index in [1.54, 1.807) is 12.3 Å². The van der Waals surface area contributed by atoms with Gasteiger partial charge in [0.15, 0.2) is 0 Å². The Balaban J connectivity index is 1.25. The van der Waals surface area contributed by atoms with E-state index >= 15 is 0 Å². The summed E-state index contributed by atoms with van der Waals surface area (Å²) in [6.07, 6.45) is 2.04. The Morgan fingerprint density at radius 1 is 1.06 bits per heavy atom. The van der Waals surface area contributed by atoms with Crippen LogP contribution in [0.3, 0.4) is 0 Å². The molecule has 0 amide bonds. The average molecular weight is 450 g/mol. The molecule has 1 fully saturated rings. The van der Waals surface area contributed by atoms with Crippen molar-refractivity contribution >= 4 is 17.5 Å². The molecule has 0 saturated carbocycles. The maximum atomic E-state index is 10.3. The van der Waals surface area contributed by atoms with Crippen LogP contribution in [0.4, 0.5) is 17.5 Å². The van der Waals surface area contributed by atoms with Crippen molar-refractivity contribution in [2.45, 2.75) is 12.5 Å². The number of rotatable bonds is 11. The highest BCUT2D eigenvalue weighted by molar-refractivity contribution is 5.57. The first kappa shape index (κ1) is 23.0. The molecule has 1 aliphatic rings. The molecule has 0 aliphatic carbocycles. The van der Waals surface area contributed by atoms with Crippen LogP contribution in [0.1, 0.15) is 18.1 Å². The Kier molecular flexibility index (Phi) is 8.46. The summed E-state index contributed by atoms with van der Waals surface area (Å²) in [5.41, 5.74) is 1.71. The summed E-state index contributed by atoms with van der Waals surface area (Å²) in [7, 11) is 0. The van der Waals surface area contributed by atoms with Gasteiger partial charge < -0.3 is 25.2 Å². The molecule has 8 heteroatoms. The van der Waals surface area contributed by atoms with Gasteiger partial charge >= 0.3 is 0 Å². The van der Waals surface area contributed by atoms with Gasteiger partial charge in [0.2, 0.25) is 5.95 Å². The van der Waals surface area contributed by atoms with Crippen molar-refractivity contribution in [3.8, 4) is 5.75 Å². The third kappa shape index (κ3) is 7.42. The van der Waals surface area contributed by atoms with Gasteiger partial charge in [0.05, 0.1) is 25.9 Å². The molecule has 33 heavy (non-hydrogen) atoms. The zero-order valence-corrected chi connectivity index (χ0v) is 18.7. The van der Waals surface area contributed by atoms with E-state index in [1.165, 1.54) is 0 Å². The molecule has 1 aromatic heterocycles. The van der Waals surface area contributed by atoms with E-state index in [0.717, 1.165) is 56.3 Å². The fourth-order valence-electron chi connectivity index (χ4n) is 3.61. The molecule has 174 valence electrons. The number of anilines is 3. The molecule has 1 saturated heterocycles. The Morgan fingerprint density at radius 2 is 1.91 bits per heavy atom. The zero-order valence-electron chi connectivity index (χ0n) is 18.7. The molecule has 0 bridgehead atoms. The Labute approximate surface area is 194 Å². The van der Waals surface area contributed by atoms with Gasteiger partial charge in [0, 0.05) is 44.1 Å². The number of benzene rings is 2. The van der Waals surface area contributed by atoms with Crippen molar-refractivity contribution in [1.29, 1.82) is 0 Å². The maximum Gasteiger partial charge on any atom is 0.229 e. The largest absolute Gasteiger partial charge is 0.493 e. The number of morpholine rings is 1. The van der Waals surface area contributed by atoms with Gasteiger partial charge in [-0.3, -0.25) is 4.90 Å². The number of nitrogens with one attached hydrogen (secondary N) is 2. The highest BCUT2D eigenvalue weighted by Crippen LogP contribution is 2.21. The van der Waals surface area contributed by atoms with E-state index in [9.17, 15) is 5.11 Å². The summed E-state index contributed by atoms with van der Waals surface area (Å²) in [6, 6.07) is 19.1. The summed E-state index contributed by atoms with van der Waals surface area (Å²) in [5, 5.41) is 16.7. The van der Waals surface area contributed by atoms with Crippen molar-refractivity contribution in [2.75, 3.05) is 56.6 Å². The molecule has 1 unspecified atom stereocenters. The molecule has 1 aliphatic heterocycles. The molecule has 3 N–H and O–H groups in total. The fourth-order valence-corrected chi connectivity index (χ4v) is 3.61. The van der Waals surface area contributed by atoms with E-state index in [-0.39, 0.29) is 0 Å². The molecule has 8 nitrogen and oxygen atoms in total. The predicted octanol–water partition coefficient (Wildman–Crippen LogP) is 3.47. The molecule has 2 aromatic carbocycles. The lowest BCUT2D eigenvalue weighted by Crippen LogP contribution is -2.37. The number of hydrogen-bond donors (Lipinski definition) is 3. The van der Waals surface area contributed by atoms with Gasteiger partial charge in [0.25, 0.3) is 0 Å². The van der Waals surface area contributed by atoms with Crippen LogP contribution in [0.15, 0.2) is 66.9 Å². The summed E-state index contributed by atoms with van der Waals surface area (Å²) in [6.45, 7) is 5.68. The predicted molar refractivity (Wildman–Crippen MR) is 129 cm³/mol. The van der Waals surface area contributed by atoms with Gasteiger partial charge in [-0.1, -0.05) is 36.4 Å². The second kappa shape index (κ2) is 12.2. The summed E-state index contributed by atoms with van der Waals surface area (Å²) < 4.78 is 11.3. The minimum absolute atomic E-state index is 0.355. The Hall–Kier alpha value is -3.20. The van der Waals surface area contributed by atoms with Crippen molar-refractivity contribution in [2.24, 2.45) is 0 Å². The van der Waals surface area contributed by atoms with E-state index < -0.39 is 6.10 Å². The third-order valence-electron chi connectivity index (χ3n) is 5.40. The topological polar surface area (TPSA) is 91.8 Å². The van der Waals surface area contributed by atoms with Crippen LogP contribution in [0.25, 0.3) is 0 Å². The lowest BCUT2D eigenvalue weighted by Gasteiger charge is -2.26. The van der Waals surface area contributed by atoms with Crippen molar-refractivity contribution < 1.29 is 14.6 Å².